The molecule has 30 heavy (non-hydrogen) atoms. The number of carbonyl (C=O) groups excluding carboxylic acids is 1. The van der Waals surface area contributed by atoms with Crippen LogP contribution in [0.1, 0.15) is 34.3 Å². The molecule has 0 saturated heterocycles. The van der Waals surface area contributed by atoms with Crippen molar-refractivity contribution in [1.82, 2.24) is 15.3 Å². The van der Waals surface area contributed by atoms with Crippen LogP contribution in [-0.2, 0) is 12.8 Å². The first-order chi connectivity index (χ1) is 14.6. The van der Waals surface area contributed by atoms with E-state index in [4.69, 9.17) is 9.15 Å². The normalized spacial score (nSPS) is 11.9. The third kappa shape index (κ3) is 4.66. The molecule has 1 unspecified atom stereocenters. The Morgan fingerprint density at radius 2 is 1.97 bits per heavy atom. The molecule has 2 aromatic heterocycles. The van der Waals surface area contributed by atoms with Crippen molar-refractivity contribution in [3.8, 4) is 5.75 Å². The van der Waals surface area contributed by atoms with Gasteiger partial charge in [0.15, 0.2) is 11.5 Å². The van der Waals surface area contributed by atoms with E-state index in [0.29, 0.717) is 23.5 Å². The van der Waals surface area contributed by atoms with Gasteiger partial charge in [-0.3, -0.25) is 9.78 Å². The first kappa shape index (κ1) is 19.6. The summed E-state index contributed by atoms with van der Waals surface area (Å²) in [5.41, 5.74) is 4.04. The van der Waals surface area contributed by atoms with Crippen LogP contribution in [-0.4, -0.2) is 29.0 Å². The van der Waals surface area contributed by atoms with E-state index in [2.05, 4.69) is 15.3 Å². The van der Waals surface area contributed by atoms with Gasteiger partial charge in [0, 0.05) is 30.4 Å². The number of benzene rings is 2. The van der Waals surface area contributed by atoms with E-state index in [9.17, 15) is 4.79 Å². The van der Waals surface area contributed by atoms with Crippen molar-refractivity contribution >= 4 is 17.0 Å². The highest BCUT2D eigenvalue weighted by Gasteiger charge is 2.14. The minimum absolute atomic E-state index is 0.0160. The number of fused-ring (bicyclic) bond motifs is 1. The summed E-state index contributed by atoms with van der Waals surface area (Å²) in [5, 5.41) is 3.03. The number of nitrogens with zero attached hydrogens (tertiary/aromatic N) is 2. The molecule has 0 spiro atoms. The zero-order chi connectivity index (χ0) is 20.9. The maximum Gasteiger partial charge on any atom is 0.251 e. The lowest BCUT2D eigenvalue weighted by atomic mass is 10.1. The molecular weight excluding hydrogens is 378 g/mol. The number of oxazole rings is 1. The molecule has 0 aliphatic carbocycles. The van der Waals surface area contributed by atoms with Crippen molar-refractivity contribution < 1.29 is 13.9 Å². The van der Waals surface area contributed by atoms with Crippen LogP contribution in [0.15, 0.2) is 71.4 Å². The number of hydrogen-bond donors (Lipinski definition) is 1. The first-order valence-electron chi connectivity index (χ1n) is 9.83. The summed E-state index contributed by atoms with van der Waals surface area (Å²) >= 11 is 0. The van der Waals surface area contributed by atoms with Crippen molar-refractivity contribution in [3.63, 3.8) is 0 Å². The third-order valence-electron chi connectivity index (χ3n) is 4.85. The van der Waals surface area contributed by atoms with Crippen molar-refractivity contribution in [1.29, 1.82) is 0 Å². The van der Waals surface area contributed by atoms with Gasteiger partial charge in [0.05, 0.1) is 7.11 Å². The predicted molar refractivity (Wildman–Crippen MR) is 115 cm³/mol. The van der Waals surface area contributed by atoms with Gasteiger partial charge in [-0.1, -0.05) is 18.2 Å². The fourth-order valence-corrected chi connectivity index (χ4v) is 3.34. The molecule has 1 atom stereocenters. The van der Waals surface area contributed by atoms with Gasteiger partial charge >= 0.3 is 0 Å². The molecule has 0 fully saturated rings. The van der Waals surface area contributed by atoms with Gasteiger partial charge in [-0.25, -0.2) is 4.98 Å². The minimum atomic E-state index is -0.138. The van der Waals surface area contributed by atoms with E-state index in [1.54, 1.807) is 25.4 Å². The fraction of sp³-hybridized carbons (Fsp3) is 0.208. The van der Waals surface area contributed by atoms with E-state index in [0.717, 1.165) is 28.8 Å². The number of ether oxygens (including phenoxy) is 1. The van der Waals surface area contributed by atoms with Crippen LogP contribution in [0.3, 0.4) is 0 Å². The maximum absolute atomic E-state index is 12.6. The number of amides is 1. The Labute approximate surface area is 174 Å². The van der Waals surface area contributed by atoms with Crippen LogP contribution >= 0.6 is 0 Å². The molecule has 0 aliphatic rings. The third-order valence-corrected chi connectivity index (χ3v) is 4.85. The Hall–Kier alpha value is -3.67. The largest absolute Gasteiger partial charge is 0.497 e. The van der Waals surface area contributed by atoms with Gasteiger partial charge in [0.2, 0.25) is 0 Å². The monoisotopic (exact) mass is 401 g/mol. The quantitative estimate of drug-likeness (QED) is 0.503. The fourth-order valence-electron chi connectivity index (χ4n) is 3.34. The zero-order valence-corrected chi connectivity index (χ0v) is 17.0. The Kier molecular flexibility index (Phi) is 5.75. The number of pyridine rings is 1. The van der Waals surface area contributed by atoms with Crippen LogP contribution in [0, 0.1) is 0 Å². The van der Waals surface area contributed by atoms with Crippen LogP contribution in [0.2, 0.25) is 0 Å². The number of nitrogens with one attached hydrogen (secondary N) is 1. The molecule has 0 radical (unpaired) electrons. The predicted octanol–water partition coefficient (Wildman–Crippen LogP) is 4.18. The number of methoxy groups -OCH3 is 1. The molecule has 6 heteroatoms. The summed E-state index contributed by atoms with van der Waals surface area (Å²) in [7, 11) is 1.64. The van der Waals surface area contributed by atoms with Crippen molar-refractivity contribution in [2.75, 3.05) is 7.11 Å². The molecule has 0 aliphatic heterocycles. The summed E-state index contributed by atoms with van der Waals surface area (Å²) in [6.45, 7) is 1.98. The summed E-state index contributed by atoms with van der Waals surface area (Å²) in [5.74, 6) is 1.28. The van der Waals surface area contributed by atoms with Gasteiger partial charge in [-0.15, -0.1) is 0 Å². The Morgan fingerprint density at radius 1 is 1.13 bits per heavy atom. The van der Waals surface area contributed by atoms with E-state index in [1.165, 1.54) is 0 Å². The summed E-state index contributed by atoms with van der Waals surface area (Å²) in [6, 6.07) is 17.0. The van der Waals surface area contributed by atoms with E-state index in [1.807, 2.05) is 55.6 Å². The van der Waals surface area contributed by atoms with Gasteiger partial charge < -0.3 is 14.5 Å². The van der Waals surface area contributed by atoms with Crippen LogP contribution < -0.4 is 10.1 Å². The molecule has 0 bridgehead atoms. The summed E-state index contributed by atoms with van der Waals surface area (Å²) in [4.78, 5) is 21.3. The smallest absolute Gasteiger partial charge is 0.251 e. The van der Waals surface area contributed by atoms with E-state index >= 15 is 0 Å². The van der Waals surface area contributed by atoms with Crippen LogP contribution in [0.25, 0.3) is 11.1 Å². The molecular formula is C24H23N3O3. The molecule has 1 N–H and O–H groups in total. The second-order valence-corrected chi connectivity index (χ2v) is 7.25. The number of aromatic nitrogens is 2. The topological polar surface area (TPSA) is 77.2 Å². The lowest BCUT2D eigenvalue weighted by Gasteiger charge is -2.13. The number of hydrogen-bond acceptors (Lipinski definition) is 5. The molecule has 4 aromatic rings. The van der Waals surface area contributed by atoms with Crippen LogP contribution in [0.5, 0.6) is 5.75 Å². The SMILES string of the molecule is COc1ccc(Cc2nc3ccc(C(=O)NC(C)Cc4cccnc4)cc3o2)cc1. The molecule has 1 amide bonds. The average Bonchev–Trinajstić information content (AvgIpc) is 3.16. The number of carbonyl (C=O) groups is 1. The molecule has 152 valence electrons. The average molecular weight is 401 g/mol. The lowest BCUT2D eigenvalue weighted by Crippen LogP contribution is -2.34. The molecule has 6 nitrogen and oxygen atoms in total. The lowest BCUT2D eigenvalue weighted by molar-refractivity contribution is 0.0940. The van der Waals surface area contributed by atoms with Gasteiger partial charge in [0.1, 0.15) is 11.3 Å². The van der Waals surface area contributed by atoms with Gasteiger partial charge in [-0.05, 0) is 60.9 Å². The van der Waals surface area contributed by atoms with Crippen molar-refractivity contribution in [3.05, 3.63) is 89.6 Å². The van der Waals surface area contributed by atoms with Crippen LogP contribution in [0.4, 0.5) is 0 Å². The Bertz CT molecular complexity index is 1140. The highest BCUT2D eigenvalue weighted by Crippen LogP contribution is 2.21. The van der Waals surface area contributed by atoms with Crippen molar-refractivity contribution in [2.24, 2.45) is 0 Å². The van der Waals surface area contributed by atoms with E-state index < -0.39 is 0 Å². The second-order valence-electron chi connectivity index (χ2n) is 7.25. The van der Waals surface area contributed by atoms with Crippen molar-refractivity contribution in [2.45, 2.75) is 25.8 Å². The van der Waals surface area contributed by atoms with Gasteiger partial charge in [0.25, 0.3) is 5.91 Å². The molecule has 2 aromatic carbocycles. The Morgan fingerprint density at radius 3 is 2.70 bits per heavy atom. The first-order valence-corrected chi connectivity index (χ1v) is 9.83. The summed E-state index contributed by atoms with van der Waals surface area (Å²) < 4.78 is 11.1. The Balaban J connectivity index is 1.44. The molecule has 2 heterocycles. The van der Waals surface area contributed by atoms with Gasteiger partial charge in [-0.2, -0.15) is 0 Å². The summed E-state index contributed by atoms with van der Waals surface area (Å²) in [6.07, 6.45) is 4.84. The minimum Gasteiger partial charge on any atom is -0.497 e. The molecule has 4 rings (SSSR count). The standard InChI is InChI=1S/C24H23N3O3/c1-16(12-18-4-3-11-25-15-18)26-24(28)19-7-10-21-22(14-19)30-23(27-21)13-17-5-8-20(29-2)9-6-17/h3-11,14-16H,12-13H2,1-2H3,(H,26,28). The number of rotatable bonds is 7. The highest BCUT2D eigenvalue weighted by atomic mass is 16.5. The zero-order valence-electron chi connectivity index (χ0n) is 17.0. The molecule has 0 saturated carbocycles. The second kappa shape index (κ2) is 8.78. The maximum atomic E-state index is 12.6. The highest BCUT2D eigenvalue weighted by molar-refractivity contribution is 5.97. The van der Waals surface area contributed by atoms with E-state index in [-0.39, 0.29) is 11.9 Å².